The quantitative estimate of drug-likeness (QED) is 0.813. The first-order valence-corrected chi connectivity index (χ1v) is 6.80. The number of benzene rings is 1. The summed E-state index contributed by atoms with van der Waals surface area (Å²) in [5.41, 5.74) is 6.68. The van der Waals surface area contributed by atoms with Crippen LogP contribution in [0, 0.1) is 6.92 Å². The molecule has 0 aliphatic heterocycles. The van der Waals surface area contributed by atoms with Crippen molar-refractivity contribution >= 4 is 18.3 Å². The Morgan fingerprint density at radius 2 is 2.05 bits per heavy atom. The molecule has 0 heterocycles. The molecule has 1 aromatic rings. The minimum atomic E-state index is -0.450. The first kappa shape index (κ1) is 18.7. The van der Waals surface area contributed by atoms with E-state index in [1.165, 1.54) is 0 Å². The molecule has 0 fully saturated rings. The van der Waals surface area contributed by atoms with Gasteiger partial charge in [0.05, 0.1) is 0 Å². The van der Waals surface area contributed by atoms with Crippen molar-refractivity contribution in [1.29, 1.82) is 0 Å². The third-order valence-electron chi connectivity index (χ3n) is 2.92. The number of amides is 1. The second-order valence-electron chi connectivity index (χ2n) is 4.84. The maximum Gasteiger partial charge on any atom is 0.261 e. The highest BCUT2D eigenvalue weighted by Crippen LogP contribution is 2.18. The van der Waals surface area contributed by atoms with Gasteiger partial charge in [-0.05, 0) is 38.3 Å². The number of para-hydroxylation sites is 1. The van der Waals surface area contributed by atoms with Gasteiger partial charge in [0.15, 0.2) is 6.10 Å². The summed E-state index contributed by atoms with van der Waals surface area (Å²) in [6, 6.07) is 7.80. The highest BCUT2D eigenvalue weighted by atomic mass is 35.5. The van der Waals surface area contributed by atoms with Crippen LogP contribution < -0.4 is 15.8 Å². The third kappa shape index (κ3) is 6.26. The maximum absolute atomic E-state index is 12.0. The first-order valence-electron chi connectivity index (χ1n) is 6.80. The number of rotatable bonds is 7. The predicted octanol–water partition coefficient (Wildman–Crippen LogP) is 2.43. The minimum absolute atomic E-state index is 0. The first-order chi connectivity index (χ1) is 9.04. The van der Waals surface area contributed by atoms with E-state index in [0.29, 0.717) is 13.0 Å². The van der Waals surface area contributed by atoms with Crippen molar-refractivity contribution in [2.75, 3.05) is 6.54 Å². The van der Waals surface area contributed by atoms with Crippen molar-refractivity contribution in [3.8, 4) is 5.75 Å². The van der Waals surface area contributed by atoms with Gasteiger partial charge in [-0.25, -0.2) is 0 Å². The summed E-state index contributed by atoms with van der Waals surface area (Å²) in [6.45, 7) is 6.42. The number of hydrogen-bond acceptors (Lipinski definition) is 3. The fourth-order valence-electron chi connectivity index (χ4n) is 1.70. The monoisotopic (exact) mass is 300 g/mol. The Kier molecular flexibility index (Phi) is 9.01. The van der Waals surface area contributed by atoms with E-state index in [-0.39, 0.29) is 24.4 Å². The van der Waals surface area contributed by atoms with Crippen LogP contribution in [0.5, 0.6) is 5.75 Å². The molecular weight excluding hydrogens is 276 g/mol. The molecule has 0 saturated heterocycles. The molecule has 0 saturated carbocycles. The minimum Gasteiger partial charge on any atom is -0.480 e. The number of aryl methyl sites for hydroxylation is 1. The molecular formula is C15H25ClN2O2. The summed E-state index contributed by atoms with van der Waals surface area (Å²) in [4.78, 5) is 12.0. The fraction of sp³-hybridized carbons (Fsp3) is 0.533. The zero-order chi connectivity index (χ0) is 14.3. The van der Waals surface area contributed by atoms with E-state index in [9.17, 15) is 4.79 Å². The summed E-state index contributed by atoms with van der Waals surface area (Å²) in [5.74, 6) is 0.683. The summed E-state index contributed by atoms with van der Waals surface area (Å²) >= 11 is 0. The zero-order valence-electron chi connectivity index (χ0n) is 12.4. The van der Waals surface area contributed by atoms with Crippen molar-refractivity contribution in [2.24, 2.45) is 5.73 Å². The average molecular weight is 301 g/mol. The van der Waals surface area contributed by atoms with E-state index in [1.54, 1.807) is 0 Å². The molecule has 2 unspecified atom stereocenters. The molecule has 4 nitrogen and oxygen atoms in total. The van der Waals surface area contributed by atoms with Crippen LogP contribution in [0.1, 0.15) is 32.3 Å². The van der Waals surface area contributed by atoms with Crippen molar-refractivity contribution in [2.45, 2.75) is 45.8 Å². The maximum atomic E-state index is 12.0. The second kappa shape index (κ2) is 9.61. The number of carbonyl (C=O) groups is 1. The standard InChI is InChI=1S/C15H24N2O2.ClH/c1-4-13(15(18)17-10-9-12(3)16)19-14-8-6-5-7-11(14)2;/h5-8,12-13H,4,9-10,16H2,1-3H3,(H,17,18);1H. The lowest BCUT2D eigenvalue weighted by Crippen LogP contribution is -2.39. The van der Waals surface area contributed by atoms with E-state index >= 15 is 0 Å². The van der Waals surface area contributed by atoms with Crippen molar-refractivity contribution in [3.63, 3.8) is 0 Å². The smallest absolute Gasteiger partial charge is 0.261 e. The van der Waals surface area contributed by atoms with E-state index in [4.69, 9.17) is 10.5 Å². The zero-order valence-corrected chi connectivity index (χ0v) is 13.2. The Balaban J connectivity index is 0.00000361. The van der Waals surface area contributed by atoms with Gasteiger partial charge in [-0.3, -0.25) is 4.79 Å². The van der Waals surface area contributed by atoms with Crippen LogP contribution in [-0.2, 0) is 4.79 Å². The van der Waals surface area contributed by atoms with E-state index < -0.39 is 6.10 Å². The van der Waals surface area contributed by atoms with E-state index in [2.05, 4.69) is 5.32 Å². The van der Waals surface area contributed by atoms with Gasteiger partial charge < -0.3 is 15.8 Å². The van der Waals surface area contributed by atoms with Crippen LogP contribution >= 0.6 is 12.4 Å². The lowest BCUT2D eigenvalue weighted by atomic mass is 10.2. The summed E-state index contributed by atoms with van der Waals surface area (Å²) in [7, 11) is 0. The van der Waals surface area contributed by atoms with Crippen LogP contribution in [0.25, 0.3) is 0 Å². The van der Waals surface area contributed by atoms with E-state index in [0.717, 1.165) is 17.7 Å². The number of nitrogens with two attached hydrogens (primary N) is 1. The molecule has 20 heavy (non-hydrogen) atoms. The molecule has 0 bridgehead atoms. The molecule has 0 spiro atoms. The van der Waals surface area contributed by atoms with Crippen LogP contribution in [0.4, 0.5) is 0 Å². The molecule has 1 aromatic carbocycles. The molecule has 0 aromatic heterocycles. The lowest BCUT2D eigenvalue weighted by Gasteiger charge is -2.18. The molecule has 2 atom stereocenters. The number of ether oxygens (including phenoxy) is 1. The highest BCUT2D eigenvalue weighted by Gasteiger charge is 2.18. The van der Waals surface area contributed by atoms with Crippen LogP contribution in [0.15, 0.2) is 24.3 Å². The fourth-order valence-corrected chi connectivity index (χ4v) is 1.70. The Hall–Kier alpha value is -1.26. The second-order valence-corrected chi connectivity index (χ2v) is 4.84. The SMILES string of the molecule is CCC(Oc1ccccc1C)C(=O)NCCC(C)N.Cl. The number of nitrogens with one attached hydrogen (secondary N) is 1. The molecule has 0 aliphatic rings. The number of halogens is 1. The summed E-state index contributed by atoms with van der Waals surface area (Å²) in [5, 5.41) is 2.86. The van der Waals surface area contributed by atoms with Gasteiger partial charge >= 0.3 is 0 Å². The molecule has 1 rings (SSSR count). The van der Waals surface area contributed by atoms with Gasteiger partial charge in [0.1, 0.15) is 5.75 Å². The normalized spacial score (nSPS) is 13.0. The van der Waals surface area contributed by atoms with E-state index in [1.807, 2.05) is 45.0 Å². The van der Waals surface area contributed by atoms with Crippen molar-refractivity contribution < 1.29 is 9.53 Å². The molecule has 1 amide bonds. The average Bonchev–Trinajstić information content (AvgIpc) is 2.37. The van der Waals surface area contributed by atoms with Gasteiger partial charge in [0.2, 0.25) is 0 Å². The Morgan fingerprint density at radius 3 is 2.60 bits per heavy atom. The topological polar surface area (TPSA) is 64.3 Å². The molecule has 5 heteroatoms. The van der Waals surface area contributed by atoms with Gasteiger partial charge in [-0.2, -0.15) is 0 Å². The Bertz CT molecular complexity index is 411. The lowest BCUT2D eigenvalue weighted by molar-refractivity contribution is -0.128. The van der Waals surface area contributed by atoms with Gasteiger partial charge in [-0.15, -0.1) is 12.4 Å². The largest absolute Gasteiger partial charge is 0.480 e. The third-order valence-corrected chi connectivity index (χ3v) is 2.92. The van der Waals surface area contributed by atoms with Crippen molar-refractivity contribution in [3.05, 3.63) is 29.8 Å². The Labute approximate surface area is 127 Å². The van der Waals surface area contributed by atoms with Crippen LogP contribution in [0.3, 0.4) is 0 Å². The van der Waals surface area contributed by atoms with Gasteiger partial charge in [0, 0.05) is 12.6 Å². The molecule has 0 radical (unpaired) electrons. The molecule has 114 valence electrons. The van der Waals surface area contributed by atoms with Gasteiger partial charge in [-0.1, -0.05) is 25.1 Å². The molecule has 3 N–H and O–H groups in total. The Morgan fingerprint density at radius 1 is 1.40 bits per heavy atom. The predicted molar refractivity (Wildman–Crippen MR) is 84.4 cm³/mol. The van der Waals surface area contributed by atoms with Crippen molar-refractivity contribution in [1.82, 2.24) is 5.32 Å². The van der Waals surface area contributed by atoms with Crippen LogP contribution in [0.2, 0.25) is 0 Å². The van der Waals surface area contributed by atoms with Crippen LogP contribution in [-0.4, -0.2) is 24.6 Å². The summed E-state index contributed by atoms with van der Waals surface area (Å²) in [6.07, 6.45) is 0.958. The highest BCUT2D eigenvalue weighted by molar-refractivity contribution is 5.85. The number of carbonyl (C=O) groups excluding carboxylic acids is 1. The molecule has 0 aliphatic carbocycles. The van der Waals surface area contributed by atoms with Gasteiger partial charge in [0.25, 0.3) is 5.91 Å². The number of hydrogen-bond donors (Lipinski definition) is 2. The summed E-state index contributed by atoms with van der Waals surface area (Å²) < 4.78 is 5.77.